The van der Waals surface area contributed by atoms with Crippen LogP contribution in [0.5, 0.6) is 0 Å². The van der Waals surface area contributed by atoms with E-state index in [9.17, 15) is 4.79 Å². The zero-order chi connectivity index (χ0) is 17.7. The highest BCUT2D eigenvalue weighted by atomic mass is 32.1. The Labute approximate surface area is 152 Å². The van der Waals surface area contributed by atoms with Gasteiger partial charge in [-0.1, -0.05) is 25.5 Å². The molecule has 1 aliphatic heterocycles. The zero-order valence-corrected chi connectivity index (χ0v) is 16.3. The lowest BCUT2D eigenvalue weighted by atomic mass is 9.72. The minimum Gasteiger partial charge on any atom is -0.363 e. The lowest BCUT2D eigenvalue weighted by Crippen LogP contribution is -2.52. The van der Waals surface area contributed by atoms with Crippen LogP contribution in [0.4, 0.5) is 0 Å². The van der Waals surface area contributed by atoms with Crippen molar-refractivity contribution < 1.29 is 4.79 Å². The molecule has 1 amide bonds. The van der Waals surface area contributed by atoms with Gasteiger partial charge in [-0.05, 0) is 56.3 Å². The maximum atomic E-state index is 12.5. The van der Waals surface area contributed by atoms with Gasteiger partial charge in [0.25, 0.3) is 0 Å². The van der Waals surface area contributed by atoms with Crippen molar-refractivity contribution in [1.29, 1.82) is 0 Å². The van der Waals surface area contributed by atoms with Crippen molar-refractivity contribution in [2.45, 2.75) is 47.0 Å². The number of thiocarbonyl (C=S) groups is 1. The fourth-order valence-electron chi connectivity index (χ4n) is 3.66. The molecule has 2 rings (SSSR count). The second-order valence-electron chi connectivity index (χ2n) is 7.41. The fourth-order valence-corrected chi connectivity index (χ4v) is 3.99. The molecule has 1 N–H and O–H groups in total. The minimum absolute atomic E-state index is 0.116. The monoisotopic (exact) mass is 349 g/mol. The quantitative estimate of drug-likeness (QED) is 0.627. The topological polar surface area (TPSA) is 35.6 Å². The summed E-state index contributed by atoms with van der Waals surface area (Å²) in [4.78, 5) is 16.6. The van der Waals surface area contributed by atoms with Gasteiger partial charge in [-0.15, -0.1) is 0 Å². The Bertz CT molecular complexity index is 543. The Morgan fingerprint density at radius 3 is 2.46 bits per heavy atom. The average molecular weight is 350 g/mol. The van der Waals surface area contributed by atoms with Gasteiger partial charge in [-0.2, -0.15) is 0 Å². The highest BCUT2D eigenvalue weighted by molar-refractivity contribution is 7.80. The van der Waals surface area contributed by atoms with Gasteiger partial charge < -0.3 is 15.1 Å². The lowest BCUT2D eigenvalue weighted by Gasteiger charge is -2.36. The van der Waals surface area contributed by atoms with E-state index < -0.39 is 0 Å². The van der Waals surface area contributed by atoms with E-state index >= 15 is 0 Å². The Balaban J connectivity index is 1.93. The molecule has 24 heavy (non-hydrogen) atoms. The standard InChI is InChI=1S/C19H31N3OS/c1-5-20-18(24)22-13-11-21(12-14-22)17(23)9-8-16-15(2)7-6-10-19(16,3)4/h8-9H,5-7,10-14H2,1-4H3,(H,20,24). The third-order valence-electron chi connectivity index (χ3n) is 5.14. The largest absolute Gasteiger partial charge is 0.363 e. The SMILES string of the molecule is CCNC(=S)N1CCN(C(=O)C=CC2=C(C)CCCC2(C)C)CC1. The summed E-state index contributed by atoms with van der Waals surface area (Å²) in [6.45, 7) is 12.7. The third-order valence-corrected chi connectivity index (χ3v) is 5.54. The maximum Gasteiger partial charge on any atom is 0.246 e. The van der Waals surface area contributed by atoms with Crippen molar-refractivity contribution in [3.05, 3.63) is 23.3 Å². The number of nitrogens with one attached hydrogen (secondary N) is 1. The Morgan fingerprint density at radius 1 is 1.25 bits per heavy atom. The second kappa shape index (κ2) is 8.15. The molecule has 0 unspecified atom stereocenters. The number of rotatable bonds is 3. The number of allylic oxidation sites excluding steroid dienone is 3. The summed E-state index contributed by atoms with van der Waals surface area (Å²) in [5, 5.41) is 3.97. The van der Waals surface area contributed by atoms with Crippen LogP contribution in [0.25, 0.3) is 0 Å². The molecular formula is C19H31N3OS. The van der Waals surface area contributed by atoms with E-state index in [0.29, 0.717) is 0 Å². The predicted octanol–water partition coefficient (Wildman–Crippen LogP) is 3.11. The molecule has 1 fully saturated rings. The van der Waals surface area contributed by atoms with Crippen LogP contribution in [0.1, 0.15) is 47.0 Å². The summed E-state index contributed by atoms with van der Waals surface area (Å²) < 4.78 is 0. The molecule has 1 saturated heterocycles. The Kier molecular flexibility index (Phi) is 6.44. The first-order chi connectivity index (χ1) is 11.3. The van der Waals surface area contributed by atoms with Gasteiger partial charge in [0.1, 0.15) is 0 Å². The normalized spacial score (nSPS) is 21.3. The Hall–Kier alpha value is -1.36. The van der Waals surface area contributed by atoms with Gasteiger partial charge in [-0.25, -0.2) is 0 Å². The molecule has 0 aromatic carbocycles. The molecule has 1 aliphatic carbocycles. The first-order valence-electron chi connectivity index (χ1n) is 9.05. The van der Waals surface area contributed by atoms with Gasteiger partial charge in [-0.3, -0.25) is 4.79 Å². The predicted molar refractivity (Wildman–Crippen MR) is 104 cm³/mol. The van der Waals surface area contributed by atoms with Crippen LogP contribution >= 0.6 is 12.2 Å². The van der Waals surface area contributed by atoms with Crippen molar-refractivity contribution in [2.75, 3.05) is 32.7 Å². The van der Waals surface area contributed by atoms with Crippen LogP contribution in [-0.4, -0.2) is 53.5 Å². The van der Waals surface area contributed by atoms with Crippen molar-refractivity contribution >= 4 is 23.2 Å². The second-order valence-corrected chi connectivity index (χ2v) is 7.80. The van der Waals surface area contributed by atoms with Gasteiger partial charge in [0.05, 0.1) is 0 Å². The van der Waals surface area contributed by atoms with Gasteiger partial charge in [0.2, 0.25) is 5.91 Å². The van der Waals surface area contributed by atoms with E-state index in [1.807, 2.05) is 11.8 Å². The van der Waals surface area contributed by atoms with Crippen molar-refractivity contribution in [3.8, 4) is 0 Å². The molecule has 5 heteroatoms. The molecule has 0 bridgehead atoms. The summed E-state index contributed by atoms with van der Waals surface area (Å²) >= 11 is 5.34. The van der Waals surface area contributed by atoms with E-state index in [1.54, 1.807) is 6.08 Å². The number of nitrogens with zero attached hydrogens (tertiary/aromatic N) is 2. The van der Waals surface area contributed by atoms with Crippen molar-refractivity contribution in [1.82, 2.24) is 15.1 Å². The number of hydrogen-bond donors (Lipinski definition) is 1. The van der Waals surface area contributed by atoms with Gasteiger partial charge in [0.15, 0.2) is 5.11 Å². The molecule has 0 radical (unpaired) electrons. The molecule has 0 aromatic heterocycles. The summed E-state index contributed by atoms with van der Waals surface area (Å²) in [6, 6.07) is 0. The lowest BCUT2D eigenvalue weighted by molar-refractivity contribution is -0.127. The van der Waals surface area contributed by atoms with Gasteiger partial charge >= 0.3 is 0 Å². The van der Waals surface area contributed by atoms with Crippen molar-refractivity contribution in [3.63, 3.8) is 0 Å². The van der Waals surface area contributed by atoms with Crippen LogP contribution in [0.2, 0.25) is 0 Å². The first kappa shape index (κ1) is 19.0. The number of hydrogen-bond acceptors (Lipinski definition) is 2. The third kappa shape index (κ3) is 4.59. The molecular weight excluding hydrogens is 318 g/mol. The number of amides is 1. The number of carbonyl (C=O) groups is 1. The molecule has 0 atom stereocenters. The highest BCUT2D eigenvalue weighted by Gasteiger charge is 2.27. The van der Waals surface area contributed by atoms with Gasteiger partial charge in [0, 0.05) is 38.8 Å². The number of carbonyl (C=O) groups excluding carboxylic acids is 1. The first-order valence-corrected chi connectivity index (χ1v) is 9.46. The minimum atomic E-state index is 0.116. The fraction of sp³-hybridized carbons (Fsp3) is 0.684. The van der Waals surface area contributed by atoms with E-state index in [2.05, 4.69) is 37.1 Å². The van der Waals surface area contributed by atoms with E-state index in [0.717, 1.165) is 44.3 Å². The highest BCUT2D eigenvalue weighted by Crippen LogP contribution is 2.40. The summed E-state index contributed by atoms with van der Waals surface area (Å²) in [5.74, 6) is 0.116. The molecule has 0 saturated carbocycles. The van der Waals surface area contributed by atoms with Crippen molar-refractivity contribution in [2.24, 2.45) is 5.41 Å². The zero-order valence-electron chi connectivity index (χ0n) is 15.5. The molecule has 134 valence electrons. The average Bonchev–Trinajstić information content (AvgIpc) is 2.54. The van der Waals surface area contributed by atoms with Crippen LogP contribution in [-0.2, 0) is 4.79 Å². The molecule has 0 spiro atoms. The molecule has 1 heterocycles. The maximum absolute atomic E-state index is 12.5. The van der Waals surface area contributed by atoms with Crippen LogP contribution in [0.15, 0.2) is 23.3 Å². The molecule has 4 nitrogen and oxygen atoms in total. The van der Waals surface area contributed by atoms with Crippen LogP contribution < -0.4 is 5.32 Å². The summed E-state index contributed by atoms with van der Waals surface area (Å²) in [7, 11) is 0. The Morgan fingerprint density at radius 2 is 1.88 bits per heavy atom. The molecule has 0 aromatic rings. The molecule has 2 aliphatic rings. The smallest absolute Gasteiger partial charge is 0.246 e. The van der Waals surface area contributed by atoms with E-state index in [-0.39, 0.29) is 11.3 Å². The van der Waals surface area contributed by atoms with E-state index in [4.69, 9.17) is 12.2 Å². The van der Waals surface area contributed by atoms with Crippen LogP contribution in [0.3, 0.4) is 0 Å². The number of piperazine rings is 1. The van der Waals surface area contributed by atoms with Crippen LogP contribution in [0, 0.1) is 5.41 Å². The summed E-state index contributed by atoms with van der Waals surface area (Å²) in [6.07, 6.45) is 7.42. The van der Waals surface area contributed by atoms with E-state index in [1.165, 1.54) is 24.0 Å². The summed E-state index contributed by atoms with van der Waals surface area (Å²) in [5.41, 5.74) is 2.95.